The van der Waals surface area contributed by atoms with Gasteiger partial charge < -0.3 is 9.47 Å². The summed E-state index contributed by atoms with van der Waals surface area (Å²) < 4.78 is 13.3. The van der Waals surface area contributed by atoms with Gasteiger partial charge in [0.05, 0.1) is 0 Å². The molecule has 0 unspecified atom stereocenters. The van der Waals surface area contributed by atoms with E-state index in [0.29, 0.717) is 5.90 Å². The van der Waals surface area contributed by atoms with Gasteiger partial charge in [-0.2, -0.15) is 0 Å². The summed E-state index contributed by atoms with van der Waals surface area (Å²) in [6.45, 7) is 1.90. The summed E-state index contributed by atoms with van der Waals surface area (Å²) >= 11 is 0. The van der Waals surface area contributed by atoms with Crippen molar-refractivity contribution >= 4 is 16.7 Å². The van der Waals surface area contributed by atoms with E-state index in [1.54, 1.807) is 0 Å². The molecule has 0 bridgehead atoms. The van der Waals surface area contributed by atoms with Crippen LogP contribution >= 0.6 is 0 Å². The molecule has 0 spiro atoms. The first-order valence-electron chi connectivity index (χ1n) is 9.82. The van der Waals surface area contributed by atoms with Crippen LogP contribution in [-0.2, 0) is 16.1 Å². The van der Waals surface area contributed by atoms with Crippen molar-refractivity contribution in [1.29, 1.82) is 0 Å². The molecule has 2 heterocycles. The molecule has 0 fully saturated rings. The lowest BCUT2D eigenvalue weighted by molar-refractivity contribution is -0.0489. The van der Waals surface area contributed by atoms with E-state index in [2.05, 4.69) is 54.6 Å². The van der Waals surface area contributed by atoms with Crippen LogP contribution in [0.1, 0.15) is 23.6 Å². The maximum Gasteiger partial charge on any atom is 0.277 e. The van der Waals surface area contributed by atoms with Gasteiger partial charge in [-0.15, -0.1) is 0 Å². The van der Waals surface area contributed by atoms with Crippen molar-refractivity contribution in [3.63, 3.8) is 0 Å². The number of hydrogen-bond donors (Lipinski definition) is 0. The van der Waals surface area contributed by atoms with Crippen molar-refractivity contribution in [3.8, 4) is 5.75 Å². The highest BCUT2D eigenvalue weighted by Gasteiger charge is 2.68. The van der Waals surface area contributed by atoms with Crippen molar-refractivity contribution < 1.29 is 9.47 Å². The molecule has 0 aliphatic carbocycles. The van der Waals surface area contributed by atoms with E-state index in [0.717, 1.165) is 33.2 Å². The molecular formula is C26H19NO2. The minimum Gasteiger partial charge on any atom is -0.458 e. The topological polar surface area (TPSA) is 30.8 Å². The summed E-state index contributed by atoms with van der Waals surface area (Å²) in [5, 5.41) is 2.29. The van der Waals surface area contributed by atoms with Gasteiger partial charge in [0.2, 0.25) is 5.60 Å². The molecule has 0 saturated heterocycles. The number of nitrogens with zero attached hydrogens (tertiary/aromatic N) is 1. The smallest absolute Gasteiger partial charge is 0.277 e. The van der Waals surface area contributed by atoms with Gasteiger partial charge in [-0.3, -0.25) is 0 Å². The first-order chi connectivity index (χ1) is 14.2. The van der Waals surface area contributed by atoms with E-state index >= 15 is 0 Å². The zero-order valence-electron chi connectivity index (χ0n) is 16.0. The molecule has 6 rings (SSSR count). The van der Waals surface area contributed by atoms with Crippen LogP contribution in [-0.4, -0.2) is 5.90 Å². The molecule has 0 saturated carbocycles. The Balaban J connectivity index is 1.73. The number of hydrogen-bond acceptors (Lipinski definition) is 3. The third kappa shape index (κ3) is 2.05. The number of benzene rings is 4. The molecule has 29 heavy (non-hydrogen) atoms. The highest BCUT2D eigenvalue weighted by atomic mass is 16.6. The Morgan fingerprint density at radius 1 is 0.655 bits per heavy atom. The maximum atomic E-state index is 6.73. The van der Waals surface area contributed by atoms with Gasteiger partial charge in [-0.1, -0.05) is 84.9 Å². The number of ether oxygens (including phenoxy) is 2. The van der Waals surface area contributed by atoms with E-state index in [-0.39, 0.29) is 0 Å². The standard InChI is InChI=1S/C26H19NO2/c1-18-27-26(22-14-6-3-7-15-22)25(28-18,21-12-4-2-5-13-21)23-16-19-10-8-9-11-20(19)17-24(23)29-26/h2-17H,1H3/t25-,26+/m0/s1. The largest absolute Gasteiger partial charge is 0.458 e. The predicted octanol–water partition coefficient (Wildman–Crippen LogP) is 5.78. The van der Waals surface area contributed by atoms with Crippen LogP contribution in [0.5, 0.6) is 5.75 Å². The molecule has 2 aliphatic heterocycles. The minimum absolute atomic E-state index is 0.622. The van der Waals surface area contributed by atoms with Crippen LogP contribution in [0.2, 0.25) is 0 Å². The molecule has 4 aromatic rings. The van der Waals surface area contributed by atoms with Gasteiger partial charge in [-0.05, 0) is 22.9 Å². The van der Waals surface area contributed by atoms with Gasteiger partial charge in [0.1, 0.15) is 5.75 Å². The molecule has 3 heteroatoms. The second-order valence-electron chi connectivity index (χ2n) is 7.59. The van der Waals surface area contributed by atoms with Crippen molar-refractivity contribution in [3.05, 3.63) is 114 Å². The quantitative estimate of drug-likeness (QED) is 0.443. The van der Waals surface area contributed by atoms with Gasteiger partial charge in [0, 0.05) is 23.6 Å². The summed E-state index contributed by atoms with van der Waals surface area (Å²) in [6.07, 6.45) is 0. The first-order valence-corrected chi connectivity index (χ1v) is 9.82. The Hall–Kier alpha value is -3.59. The van der Waals surface area contributed by atoms with Gasteiger partial charge in [0.25, 0.3) is 5.72 Å². The van der Waals surface area contributed by atoms with Crippen molar-refractivity contribution in [2.45, 2.75) is 18.2 Å². The Morgan fingerprint density at radius 3 is 1.93 bits per heavy atom. The van der Waals surface area contributed by atoms with E-state index in [1.165, 1.54) is 0 Å². The highest BCUT2D eigenvalue weighted by molar-refractivity contribution is 5.88. The lowest BCUT2D eigenvalue weighted by Gasteiger charge is -2.36. The SMILES string of the molecule is CC1=N[C@]2(c3ccccc3)Oc3cc4ccccc4cc3[C@]2(c2ccccc2)O1. The Labute approximate surface area is 169 Å². The third-order valence-electron chi connectivity index (χ3n) is 5.92. The van der Waals surface area contributed by atoms with E-state index in [4.69, 9.17) is 14.5 Å². The second kappa shape index (κ2) is 5.71. The fourth-order valence-electron chi connectivity index (χ4n) is 4.76. The van der Waals surface area contributed by atoms with Crippen LogP contribution < -0.4 is 4.74 Å². The van der Waals surface area contributed by atoms with Gasteiger partial charge in [-0.25, -0.2) is 4.99 Å². The van der Waals surface area contributed by atoms with Crippen LogP contribution in [0, 0.1) is 0 Å². The number of aliphatic imine (C=N–C) groups is 1. The molecule has 2 aliphatic rings. The Bertz CT molecular complexity index is 1270. The summed E-state index contributed by atoms with van der Waals surface area (Å²) in [5.41, 5.74) is 1.13. The maximum absolute atomic E-state index is 6.73. The predicted molar refractivity (Wildman–Crippen MR) is 114 cm³/mol. The molecule has 0 radical (unpaired) electrons. The molecule has 2 atom stereocenters. The third-order valence-corrected chi connectivity index (χ3v) is 5.92. The summed E-state index contributed by atoms with van der Waals surface area (Å²) in [5.74, 6) is 1.43. The lowest BCUT2D eigenvalue weighted by Crippen LogP contribution is -2.46. The van der Waals surface area contributed by atoms with Crippen LogP contribution in [0.3, 0.4) is 0 Å². The van der Waals surface area contributed by atoms with Crippen molar-refractivity contribution in [1.82, 2.24) is 0 Å². The fourth-order valence-corrected chi connectivity index (χ4v) is 4.76. The molecule has 4 aromatic carbocycles. The highest BCUT2D eigenvalue weighted by Crippen LogP contribution is 2.62. The van der Waals surface area contributed by atoms with Gasteiger partial charge in [0.15, 0.2) is 5.90 Å². The van der Waals surface area contributed by atoms with Crippen LogP contribution in [0.15, 0.2) is 102 Å². The van der Waals surface area contributed by atoms with Gasteiger partial charge >= 0.3 is 0 Å². The second-order valence-corrected chi connectivity index (χ2v) is 7.59. The van der Waals surface area contributed by atoms with Crippen LogP contribution in [0.25, 0.3) is 10.8 Å². The summed E-state index contributed by atoms with van der Waals surface area (Å²) in [4.78, 5) is 4.98. The molecule has 0 N–H and O–H groups in total. The number of rotatable bonds is 2. The van der Waals surface area contributed by atoms with E-state index in [1.807, 2.05) is 49.4 Å². The molecular weight excluding hydrogens is 358 g/mol. The van der Waals surface area contributed by atoms with E-state index in [9.17, 15) is 0 Å². The zero-order valence-corrected chi connectivity index (χ0v) is 16.0. The molecule has 0 amide bonds. The average molecular weight is 377 g/mol. The fraction of sp³-hybridized carbons (Fsp3) is 0.115. The number of fused-ring (bicyclic) bond motifs is 4. The van der Waals surface area contributed by atoms with Crippen molar-refractivity contribution in [2.75, 3.05) is 0 Å². The monoisotopic (exact) mass is 377 g/mol. The van der Waals surface area contributed by atoms with Crippen molar-refractivity contribution in [2.24, 2.45) is 4.99 Å². The Morgan fingerprint density at radius 2 is 1.24 bits per heavy atom. The normalized spacial score (nSPS) is 24.4. The van der Waals surface area contributed by atoms with E-state index < -0.39 is 11.3 Å². The first kappa shape index (κ1) is 16.4. The molecule has 0 aromatic heterocycles. The average Bonchev–Trinajstić information content (AvgIpc) is 3.21. The summed E-state index contributed by atoms with van der Waals surface area (Å²) in [7, 11) is 0. The molecule has 140 valence electrons. The lowest BCUT2D eigenvalue weighted by atomic mass is 9.76. The van der Waals surface area contributed by atoms with Crippen LogP contribution in [0.4, 0.5) is 0 Å². The Kier molecular flexibility index (Phi) is 3.22. The molecule has 3 nitrogen and oxygen atoms in total. The zero-order chi connectivity index (χ0) is 19.5. The summed E-state index contributed by atoms with van der Waals surface area (Å²) in [6, 6.07) is 33.1. The minimum atomic E-state index is -1.00.